The molecule has 1 aliphatic rings. The van der Waals surface area contributed by atoms with Crippen LogP contribution in [0, 0.1) is 0 Å². The van der Waals surface area contributed by atoms with Crippen LogP contribution in [0.15, 0.2) is 73.1 Å². The molecular weight excluding hydrogens is 432 g/mol. The van der Waals surface area contributed by atoms with E-state index in [0.717, 1.165) is 16.7 Å². The number of hydrogen-bond acceptors (Lipinski definition) is 6. The maximum absolute atomic E-state index is 13.1. The molecule has 9 nitrogen and oxygen atoms in total. The van der Waals surface area contributed by atoms with Crippen molar-refractivity contribution in [3.05, 3.63) is 90.3 Å². The molecule has 34 heavy (non-hydrogen) atoms. The third kappa shape index (κ3) is 4.36. The van der Waals surface area contributed by atoms with Crippen LogP contribution in [0.3, 0.4) is 0 Å². The molecule has 0 spiro atoms. The molecule has 9 heteroatoms. The Labute approximate surface area is 195 Å². The van der Waals surface area contributed by atoms with Crippen molar-refractivity contribution in [2.45, 2.75) is 12.5 Å². The molecule has 4 aromatic rings. The maximum Gasteiger partial charge on any atom is 0.291 e. The first-order valence-electron chi connectivity index (χ1n) is 10.8. The number of rotatable bonds is 5. The maximum atomic E-state index is 13.1. The number of H-pyrrole nitrogens is 1. The van der Waals surface area contributed by atoms with E-state index in [4.69, 9.17) is 4.74 Å². The van der Waals surface area contributed by atoms with Gasteiger partial charge in [0.15, 0.2) is 0 Å². The van der Waals surface area contributed by atoms with Gasteiger partial charge in [0.2, 0.25) is 5.82 Å². The van der Waals surface area contributed by atoms with Gasteiger partial charge in [-0.2, -0.15) is 0 Å². The second-order valence-electron chi connectivity index (χ2n) is 7.92. The molecule has 1 atom stereocenters. The number of carbonyl (C=O) groups is 2. The number of ether oxygens (including phenoxy) is 1. The fourth-order valence-electron chi connectivity index (χ4n) is 3.81. The summed E-state index contributed by atoms with van der Waals surface area (Å²) in [6.45, 7) is -0.00217. The molecule has 5 rings (SSSR count). The molecule has 2 amide bonds. The van der Waals surface area contributed by atoms with Crippen LogP contribution in [0.4, 0.5) is 5.69 Å². The minimum Gasteiger partial charge on any atom is -0.489 e. The zero-order valence-corrected chi connectivity index (χ0v) is 18.4. The summed E-state index contributed by atoms with van der Waals surface area (Å²) >= 11 is 0. The number of benzene rings is 2. The summed E-state index contributed by atoms with van der Waals surface area (Å²) in [4.78, 5) is 35.7. The van der Waals surface area contributed by atoms with Crippen LogP contribution in [-0.4, -0.2) is 51.7 Å². The van der Waals surface area contributed by atoms with Crippen molar-refractivity contribution in [3.63, 3.8) is 0 Å². The van der Waals surface area contributed by atoms with E-state index in [1.807, 2.05) is 60.7 Å². The van der Waals surface area contributed by atoms with Gasteiger partial charge in [-0.15, -0.1) is 5.10 Å². The summed E-state index contributed by atoms with van der Waals surface area (Å²) in [6.07, 6.45) is 3.95. The van der Waals surface area contributed by atoms with Crippen molar-refractivity contribution < 1.29 is 14.3 Å². The zero-order chi connectivity index (χ0) is 23.5. The number of amides is 2. The van der Waals surface area contributed by atoms with E-state index in [0.29, 0.717) is 23.7 Å². The summed E-state index contributed by atoms with van der Waals surface area (Å²) < 4.78 is 5.88. The summed E-state index contributed by atoms with van der Waals surface area (Å²) in [6, 6.07) is 18.3. The van der Waals surface area contributed by atoms with Crippen LogP contribution in [-0.2, 0) is 11.2 Å². The molecule has 0 saturated carbocycles. The van der Waals surface area contributed by atoms with E-state index < -0.39 is 11.9 Å². The normalized spacial score (nSPS) is 15.3. The van der Waals surface area contributed by atoms with Crippen molar-refractivity contribution >= 4 is 17.5 Å². The van der Waals surface area contributed by atoms with Crippen LogP contribution in [0.5, 0.6) is 5.75 Å². The number of anilines is 1. The van der Waals surface area contributed by atoms with Crippen LogP contribution in [0.25, 0.3) is 11.1 Å². The van der Waals surface area contributed by atoms with E-state index in [1.54, 1.807) is 19.4 Å². The molecule has 2 aromatic heterocycles. The first kappa shape index (κ1) is 21.3. The fourth-order valence-corrected chi connectivity index (χ4v) is 3.81. The molecular formula is C25H22N6O3. The Hall–Kier alpha value is -4.53. The predicted octanol–water partition coefficient (Wildman–Crippen LogP) is 2.61. The largest absolute Gasteiger partial charge is 0.489 e. The van der Waals surface area contributed by atoms with E-state index in [1.165, 1.54) is 4.90 Å². The highest BCUT2D eigenvalue weighted by Crippen LogP contribution is 2.34. The van der Waals surface area contributed by atoms with Crippen LogP contribution in [0.2, 0.25) is 0 Å². The van der Waals surface area contributed by atoms with Gasteiger partial charge in [-0.3, -0.25) is 19.7 Å². The Morgan fingerprint density at radius 1 is 1.12 bits per heavy atom. The number of nitrogens with zero attached hydrogens (tertiary/aromatic N) is 4. The lowest BCUT2D eigenvalue weighted by Gasteiger charge is -2.20. The Morgan fingerprint density at radius 3 is 2.71 bits per heavy atom. The summed E-state index contributed by atoms with van der Waals surface area (Å²) in [5, 5.41) is 9.50. The number of fused-ring (bicyclic) bond motifs is 1. The van der Waals surface area contributed by atoms with E-state index in [9.17, 15) is 9.59 Å². The average molecular weight is 454 g/mol. The van der Waals surface area contributed by atoms with Crippen LogP contribution >= 0.6 is 0 Å². The highest BCUT2D eigenvalue weighted by atomic mass is 16.5. The minimum atomic E-state index is -0.884. The molecule has 0 fully saturated rings. The Balaban J connectivity index is 1.30. The molecule has 2 N–H and O–H groups in total. The molecule has 0 aliphatic carbocycles. The molecule has 1 aliphatic heterocycles. The SMILES string of the molecule is CN1C(=O)[C@@H](NC(=O)c2n[nH]c(Cc3ccccc3)n2)COc2ccc(-c3ccncc3)cc21. The molecule has 2 aromatic carbocycles. The third-order valence-electron chi connectivity index (χ3n) is 5.62. The molecule has 3 heterocycles. The number of aromatic nitrogens is 4. The molecule has 0 saturated heterocycles. The van der Waals surface area contributed by atoms with Gasteiger partial charge in [-0.05, 0) is 41.0 Å². The Bertz CT molecular complexity index is 1320. The van der Waals surface area contributed by atoms with Crippen molar-refractivity contribution in [1.82, 2.24) is 25.5 Å². The lowest BCUT2D eigenvalue weighted by molar-refractivity contribution is -0.120. The minimum absolute atomic E-state index is 0.00217. The lowest BCUT2D eigenvalue weighted by Crippen LogP contribution is -2.49. The Morgan fingerprint density at radius 2 is 1.91 bits per heavy atom. The first-order valence-corrected chi connectivity index (χ1v) is 10.8. The zero-order valence-electron chi connectivity index (χ0n) is 18.4. The van der Waals surface area contributed by atoms with Crippen molar-refractivity contribution in [3.8, 4) is 16.9 Å². The van der Waals surface area contributed by atoms with Gasteiger partial charge in [0, 0.05) is 25.9 Å². The van der Waals surface area contributed by atoms with Gasteiger partial charge in [-0.1, -0.05) is 36.4 Å². The van der Waals surface area contributed by atoms with Gasteiger partial charge < -0.3 is 15.0 Å². The predicted molar refractivity (Wildman–Crippen MR) is 125 cm³/mol. The van der Waals surface area contributed by atoms with Gasteiger partial charge in [-0.25, -0.2) is 4.98 Å². The number of aromatic amines is 1. The van der Waals surface area contributed by atoms with E-state index in [-0.39, 0.29) is 18.3 Å². The van der Waals surface area contributed by atoms with Crippen molar-refractivity contribution in [2.24, 2.45) is 0 Å². The third-order valence-corrected chi connectivity index (χ3v) is 5.62. The quantitative estimate of drug-likeness (QED) is 0.479. The highest BCUT2D eigenvalue weighted by Gasteiger charge is 2.31. The van der Waals surface area contributed by atoms with Gasteiger partial charge >= 0.3 is 0 Å². The van der Waals surface area contributed by atoms with E-state index in [2.05, 4.69) is 25.5 Å². The summed E-state index contributed by atoms with van der Waals surface area (Å²) in [5.74, 6) is 0.262. The average Bonchev–Trinajstić information content (AvgIpc) is 3.31. The van der Waals surface area contributed by atoms with Gasteiger partial charge in [0.1, 0.15) is 24.2 Å². The highest BCUT2D eigenvalue weighted by molar-refractivity contribution is 6.02. The number of pyridine rings is 1. The topological polar surface area (TPSA) is 113 Å². The Kier molecular flexibility index (Phi) is 5.73. The number of likely N-dealkylation sites (N-methyl/N-ethyl adjacent to an activating group) is 1. The molecule has 0 bridgehead atoms. The smallest absolute Gasteiger partial charge is 0.291 e. The second-order valence-corrected chi connectivity index (χ2v) is 7.92. The summed E-state index contributed by atoms with van der Waals surface area (Å²) in [7, 11) is 1.66. The lowest BCUT2D eigenvalue weighted by atomic mass is 10.1. The monoisotopic (exact) mass is 454 g/mol. The standard InChI is InChI=1S/C25H22N6O3/c1-31-20-14-18(17-9-11-26-12-10-17)7-8-21(20)34-15-19(25(31)33)27-24(32)23-28-22(29-30-23)13-16-5-3-2-4-6-16/h2-12,14,19H,13,15H2,1H3,(H,27,32)(H,28,29,30)/t19-/m0/s1. The van der Waals surface area contributed by atoms with E-state index >= 15 is 0 Å². The first-order chi connectivity index (χ1) is 16.6. The van der Waals surface area contributed by atoms with Crippen molar-refractivity contribution in [1.29, 1.82) is 0 Å². The number of hydrogen-bond donors (Lipinski definition) is 2. The summed E-state index contributed by atoms with van der Waals surface area (Å²) in [5.41, 5.74) is 3.57. The number of nitrogens with one attached hydrogen (secondary N) is 2. The van der Waals surface area contributed by atoms with Crippen LogP contribution < -0.4 is 15.0 Å². The fraction of sp³-hybridized carbons (Fsp3) is 0.160. The van der Waals surface area contributed by atoms with Gasteiger partial charge in [0.25, 0.3) is 11.8 Å². The van der Waals surface area contributed by atoms with Crippen molar-refractivity contribution in [2.75, 3.05) is 18.6 Å². The van der Waals surface area contributed by atoms with Crippen LogP contribution in [0.1, 0.15) is 22.0 Å². The molecule has 170 valence electrons. The molecule has 0 radical (unpaired) electrons. The number of carbonyl (C=O) groups excluding carboxylic acids is 2. The second kappa shape index (κ2) is 9.14. The van der Waals surface area contributed by atoms with Gasteiger partial charge in [0.05, 0.1) is 5.69 Å². The molecule has 0 unspecified atom stereocenters.